The smallest absolute Gasteiger partial charge is 0.126 e. The van der Waals surface area contributed by atoms with Gasteiger partial charge in [-0.1, -0.05) is 6.07 Å². The zero-order valence-electron chi connectivity index (χ0n) is 10.3. The molecule has 2 rings (SSSR count). The average Bonchev–Trinajstić information content (AvgIpc) is 2.61. The lowest BCUT2D eigenvalue weighted by Gasteiger charge is -2.16. The van der Waals surface area contributed by atoms with Crippen molar-refractivity contribution >= 4 is 5.82 Å². The number of anilines is 1. The van der Waals surface area contributed by atoms with E-state index in [4.69, 9.17) is 11.6 Å². The summed E-state index contributed by atoms with van der Waals surface area (Å²) in [7, 11) is 1.74. The van der Waals surface area contributed by atoms with Gasteiger partial charge in [-0.3, -0.25) is 10.5 Å². The molecule has 1 aromatic carbocycles. The number of benzene rings is 1. The van der Waals surface area contributed by atoms with Crippen molar-refractivity contribution in [2.45, 2.75) is 13.0 Å². The summed E-state index contributed by atoms with van der Waals surface area (Å²) < 4.78 is 15.0. The van der Waals surface area contributed by atoms with Crippen LogP contribution in [0.2, 0.25) is 0 Å². The minimum Gasteiger partial charge on any atom is -0.384 e. The molecule has 0 aliphatic rings. The van der Waals surface area contributed by atoms with Crippen LogP contribution in [0.25, 0.3) is 0 Å². The van der Waals surface area contributed by atoms with Crippen LogP contribution in [0.15, 0.2) is 24.4 Å². The van der Waals surface area contributed by atoms with Gasteiger partial charge in [-0.15, -0.1) is 0 Å². The van der Waals surface area contributed by atoms with E-state index in [2.05, 4.69) is 10.5 Å². The Morgan fingerprint density at radius 3 is 2.61 bits per heavy atom. The third-order valence-electron chi connectivity index (χ3n) is 2.89. The number of nitrogens with one attached hydrogen (secondary N) is 1. The second-order valence-electron chi connectivity index (χ2n) is 4.27. The van der Waals surface area contributed by atoms with E-state index in [0.29, 0.717) is 5.82 Å². The summed E-state index contributed by atoms with van der Waals surface area (Å²) in [4.78, 5) is 0. The molecule has 0 bridgehead atoms. The molecule has 6 heteroatoms. The highest BCUT2D eigenvalue weighted by Gasteiger charge is 2.19. The number of aryl methyl sites for hydroxylation is 2. The highest BCUT2D eigenvalue weighted by molar-refractivity contribution is 5.45. The first-order chi connectivity index (χ1) is 8.52. The molecule has 0 aliphatic heterocycles. The van der Waals surface area contributed by atoms with Crippen LogP contribution < -0.4 is 17.0 Å². The number of nitrogens with two attached hydrogens (primary N) is 2. The minimum atomic E-state index is -0.381. The first kappa shape index (κ1) is 12.5. The predicted octanol–water partition coefficient (Wildman–Crippen LogP) is 1.00. The van der Waals surface area contributed by atoms with Crippen LogP contribution in [-0.4, -0.2) is 9.78 Å². The first-order valence-electron chi connectivity index (χ1n) is 5.53. The SMILES string of the molecule is Cc1cc(F)cc(C(NN)c2cnn(C)c2N)c1. The Morgan fingerprint density at radius 1 is 1.39 bits per heavy atom. The molecule has 0 saturated carbocycles. The maximum atomic E-state index is 13.4. The lowest BCUT2D eigenvalue weighted by atomic mass is 9.99. The van der Waals surface area contributed by atoms with Gasteiger partial charge in [-0.2, -0.15) is 5.10 Å². The van der Waals surface area contributed by atoms with Crippen molar-refractivity contribution in [1.29, 1.82) is 0 Å². The Balaban J connectivity index is 2.48. The Labute approximate surface area is 105 Å². The minimum absolute atomic E-state index is 0.298. The van der Waals surface area contributed by atoms with Crippen LogP contribution >= 0.6 is 0 Å². The van der Waals surface area contributed by atoms with Crippen molar-refractivity contribution in [3.8, 4) is 0 Å². The van der Waals surface area contributed by atoms with Crippen molar-refractivity contribution in [2.75, 3.05) is 5.73 Å². The van der Waals surface area contributed by atoms with E-state index in [1.807, 2.05) is 13.0 Å². The normalized spacial score (nSPS) is 12.7. The number of hydrogen-bond acceptors (Lipinski definition) is 4. The molecule has 0 fully saturated rings. The van der Waals surface area contributed by atoms with Gasteiger partial charge in [0, 0.05) is 12.6 Å². The largest absolute Gasteiger partial charge is 0.384 e. The number of rotatable bonds is 3. The second kappa shape index (κ2) is 4.75. The van der Waals surface area contributed by atoms with Crippen molar-refractivity contribution in [3.63, 3.8) is 0 Å². The molecule has 2 aromatic rings. The number of halogens is 1. The third-order valence-corrected chi connectivity index (χ3v) is 2.89. The van der Waals surface area contributed by atoms with Crippen LogP contribution in [0.1, 0.15) is 22.7 Å². The van der Waals surface area contributed by atoms with E-state index in [1.165, 1.54) is 12.1 Å². The summed E-state index contributed by atoms with van der Waals surface area (Å²) in [5.41, 5.74) is 10.8. The fourth-order valence-electron chi connectivity index (χ4n) is 1.98. The van der Waals surface area contributed by atoms with Crippen molar-refractivity contribution < 1.29 is 4.39 Å². The van der Waals surface area contributed by atoms with Gasteiger partial charge in [-0.25, -0.2) is 9.82 Å². The lowest BCUT2D eigenvalue weighted by Crippen LogP contribution is -2.29. The van der Waals surface area contributed by atoms with E-state index >= 15 is 0 Å². The van der Waals surface area contributed by atoms with E-state index in [0.717, 1.165) is 16.7 Å². The summed E-state index contributed by atoms with van der Waals surface area (Å²) in [6.45, 7) is 1.83. The zero-order chi connectivity index (χ0) is 13.3. The monoisotopic (exact) mass is 249 g/mol. The molecule has 1 heterocycles. The number of nitrogen functional groups attached to an aromatic ring is 1. The highest BCUT2D eigenvalue weighted by atomic mass is 19.1. The van der Waals surface area contributed by atoms with Crippen LogP contribution in [0.4, 0.5) is 10.2 Å². The Kier molecular flexibility index (Phi) is 3.31. The molecule has 0 radical (unpaired) electrons. The third kappa shape index (κ3) is 2.20. The second-order valence-corrected chi connectivity index (χ2v) is 4.27. The maximum Gasteiger partial charge on any atom is 0.126 e. The number of hydrazine groups is 1. The van der Waals surface area contributed by atoms with Gasteiger partial charge >= 0.3 is 0 Å². The van der Waals surface area contributed by atoms with Gasteiger partial charge in [0.05, 0.1) is 12.2 Å². The lowest BCUT2D eigenvalue weighted by molar-refractivity contribution is 0.604. The van der Waals surface area contributed by atoms with Gasteiger partial charge in [0.25, 0.3) is 0 Å². The fraction of sp³-hybridized carbons (Fsp3) is 0.250. The molecule has 18 heavy (non-hydrogen) atoms. The average molecular weight is 249 g/mol. The molecular weight excluding hydrogens is 233 g/mol. The molecule has 96 valence electrons. The van der Waals surface area contributed by atoms with E-state index in [-0.39, 0.29) is 11.9 Å². The molecule has 5 N–H and O–H groups in total. The fourth-order valence-corrected chi connectivity index (χ4v) is 1.98. The maximum absolute atomic E-state index is 13.4. The summed E-state index contributed by atoms with van der Waals surface area (Å²) in [5.74, 6) is 5.75. The molecule has 1 atom stereocenters. The van der Waals surface area contributed by atoms with Gasteiger partial charge < -0.3 is 5.73 Å². The molecule has 1 aromatic heterocycles. The number of hydrogen-bond donors (Lipinski definition) is 3. The van der Waals surface area contributed by atoms with E-state index in [9.17, 15) is 4.39 Å². The Bertz CT molecular complexity index is 543. The van der Waals surface area contributed by atoms with Crippen molar-refractivity contribution in [1.82, 2.24) is 15.2 Å². The summed E-state index contributed by atoms with van der Waals surface area (Å²) >= 11 is 0. The molecule has 5 nitrogen and oxygen atoms in total. The standard InChI is InChI=1S/C12H16FN5/c1-7-3-8(5-9(13)4-7)11(17-15)10-6-16-18(2)12(10)14/h3-6,11,17H,14-15H2,1-2H3. The molecule has 1 unspecified atom stereocenters. The number of nitrogens with zero attached hydrogens (tertiary/aromatic N) is 2. The van der Waals surface area contributed by atoms with Crippen LogP contribution in [0.3, 0.4) is 0 Å². The molecular formula is C12H16FN5. The highest BCUT2D eigenvalue weighted by Crippen LogP contribution is 2.26. The Hall–Kier alpha value is -1.92. The molecule has 0 spiro atoms. The van der Waals surface area contributed by atoms with Gasteiger partial charge in [0.15, 0.2) is 0 Å². The van der Waals surface area contributed by atoms with E-state index < -0.39 is 0 Å². The van der Waals surface area contributed by atoms with Gasteiger partial charge in [0.1, 0.15) is 11.6 Å². The first-order valence-corrected chi connectivity index (χ1v) is 5.53. The molecule has 0 aliphatic carbocycles. The van der Waals surface area contributed by atoms with Gasteiger partial charge in [-0.05, 0) is 30.2 Å². The quantitative estimate of drug-likeness (QED) is 0.560. The topological polar surface area (TPSA) is 81.9 Å². The molecule has 0 amide bonds. The van der Waals surface area contributed by atoms with Crippen molar-refractivity contribution in [3.05, 3.63) is 46.9 Å². The summed E-state index contributed by atoms with van der Waals surface area (Å²) in [6.07, 6.45) is 1.63. The molecule has 0 saturated heterocycles. The van der Waals surface area contributed by atoms with E-state index in [1.54, 1.807) is 17.9 Å². The van der Waals surface area contributed by atoms with Crippen molar-refractivity contribution in [2.24, 2.45) is 12.9 Å². The predicted molar refractivity (Wildman–Crippen MR) is 67.9 cm³/mol. The van der Waals surface area contributed by atoms with Crippen LogP contribution in [0.5, 0.6) is 0 Å². The number of aromatic nitrogens is 2. The van der Waals surface area contributed by atoms with Crippen LogP contribution in [-0.2, 0) is 7.05 Å². The Morgan fingerprint density at radius 2 is 2.11 bits per heavy atom. The zero-order valence-corrected chi connectivity index (χ0v) is 10.3. The van der Waals surface area contributed by atoms with Gasteiger partial charge in [0.2, 0.25) is 0 Å². The summed E-state index contributed by atoms with van der Waals surface area (Å²) in [6, 6.07) is 4.38. The van der Waals surface area contributed by atoms with Crippen LogP contribution in [0, 0.1) is 12.7 Å². The summed E-state index contributed by atoms with van der Waals surface area (Å²) in [5, 5.41) is 4.06.